The number of amides is 2. The summed E-state index contributed by atoms with van der Waals surface area (Å²) in [6, 6.07) is 7.57. The molecule has 0 aromatic heterocycles. The molecule has 2 N–H and O–H groups in total. The van der Waals surface area contributed by atoms with Crippen molar-refractivity contribution in [3.8, 4) is 0 Å². The maximum atomic E-state index is 12.1. The van der Waals surface area contributed by atoms with Crippen molar-refractivity contribution in [3.05, 3.63) is 24.3 Å². The molecule has 1 atom stereocenters. The minimum absolute atomic E-state index is 0.0181. The zero-order valence-electron chi connectivity index (χ0n) is 9.83. The molecule has 1 saturated carbocycles. The molecule has 5 heteroatoms. The van der Waals surface area contributed by atoms with Gasteiger partial charge in [0.1, 0.15) is 0 Å². The summed E-state index contributed by atoms with van der Waals surface area (Å²) in [6.45, 7) is 0. The highest BCUT2D eigenvalue weighted by molar-refractivity contribution is 8.00. The fourth-order valence-corrected chi connectivity index (χ4v) is 3.20. The number of nitrogens with zero attached hydrogens (tertiary/aromatic N) is 1. The Morgan fingerprint density at radius 2 is 1.83 bits per heavy atom. The van der Waals surface area contributed by atoms with Crippen molar-refractivity contribution in [3.63, 3.8) is 0 Å². The van der Waals surface area contributed by atoms with E-state index in [1.54, 1.807) is 0 Å². The third-order valence-electron chi connectivity index (χ3n) is 3.21. The van der Waals surface area contributed by atoms with Crippen molar-refractivity contribution in [1.29, 1.82) is 0 Å². The molecule has 0 radical (unpaired) electrons. The molecule has 0 spiro atoms. The van der Waals surface area contributed by atoms with E-state index in [-0.39, 0.29) is 23.1 Å². The van der Waals surface area contributed by atoms with Gasteiger partial charge in [0.25, 0.3) is 0 Å². The van der Waals surface area contributed by atoms with E-state index in [0.717, 1.165) is 17.7 Å². The molecule has 1 aromatic rings. The number of hydrogen-bond donors (Lipinski definition) is 1. The summed E-state index contributed by atoms with van der Waals surface area (Å²) in [4.78, 5) is 26.4. The number of likely N-dealkylation sites (tertiary alicyclic amines) is 1. The van der Waals surface area contributed by atoms with E-state index in [2.05, 4.69) is 0 Å². The minimum atomic E-state index is -0.262. The van der Waals surface area contributed by atoms with Gasteiger partial charge in [0, 0.05) is 23.0 Å². The second-order valence-corrected chi connectivity index (χ2v) is 5.99. The normalized spacial score (nSPS) is 23.8. The average molecular weight is 262 g/mol. The lowest BCUT2D eigenvalue weighted by atomic mass is 10.3. The quantitative estimate of drug-likeness (QED) is 0.664. The van der Waals surface area contributed by atoms with Gasteiger partial charge in [-0.25, -0.2) is 0 Å². The number of thioether (sulfide) groups is 1. The SMILES string of the molecule is Nc1ccc(SC2CC(=O)N(C3CC3)C2=O)cc1. The largest absolute Gasteiger partial charge is 0.399 e. The molecule has 1 saturated heterocycles. The number of imide groups is 1. The van der Waals surface area contributed by atoms with Crippen LogP contribution in [0.2, 0.25) is 0 Å². The van der Waals surface area contributed by atoms with Crippen LogP contribution in [0.25, 0.3) is 0 Å². The van der Waals surface area contributed by atoms with Crippen molar-refractivity contribution in [2.24, 2.45) is 0 Å². The Kier molecular flexibility index (Phi) is 2.78. The molecular weight excluding hydrogens is 248 g/mol. The van der Waals surface area contributed by atoms with Crippen LogP contribution in [0.1, 0.15) is 19.3 Å². The Morgan fingerprint density at radius 1 is 1.17 bits per heavy atom. The van der Waals surface area contributed by atoms with Gasteiger partial charge >= 0.3 is 0 Å². The van der Waals surface area contributed by atoms with Crippen LogP contribution in [0.3, 0.4) is 0 Å². The lowest BCUT2D eigenvalue weighted by Crippen LogP contribution is -2.33. The Labute approximate surface area is 110 Å². The number of anilines is 1. The van der Waals surface area contributed by atoms with Crippen molar-refractivity contribution < 1.29 is 9.59 Å². The molecule has 1 aliphatic carbocycles. The lowest BCUT2D eigenvalue weighted by Gasteiger charge is -2.13. The zero-order chi connectivity index (χ0) is 12.7. The molecule has 3 rings (SSSR count). The first-order chi connectivity index (χ1) is 8.65. The van der Waals surface area contributed by atoms with Gasteiger partial charge in [0.05, 0.1) is 5.25 Å². The van der Waals surface area contributed by atoms with E-state index in [0.29, 0.717) is 12.1 Å². The van der Waals surface area contributed by atoms with Crippen LogP contribution in [0.15, 0.2) is 29.2 Å². The van der Waals surface area contributed by atoms with Crippen molar-refractivity contribution in [2.75, 3.05) is 5.73 Å². The Balaban J connectivity index is 1.72. The maximum Gasteiger partial charge on any atom is 0.243 e. The molecule has 1 heterocycles. The van der Waals surface area contributed by atoms with Gasteiger partial charge in [0.15, 0.2) is 0 Å². The number of carbonyl (C=O) groups excluding carboxylic acids is 2. The van der Waals surface area contributed by atoms with Crippen LogP contribution in [-0.2, 0) is 9.59 Å². The van der Waals surface area contributed by atoms with Crippen LogP contribution in [0.4, 0.5) is 5.69 Å². The molecule has 0 bridgehead atoms. The number of hydrogen-bond acceptors (Lipinski definition) is 4. The smallest absolute Gasteiger partial charge is 0.243 e. The number of rotatable bonds is 3. The molecule has 2 fully saturated rings. The molecular formula is C13H14N2O2S. The Bertz CT molecular complexity index is 496. The van der Waals surface area contributed by atoms with Gasteiger partial charge in [-0.15, -0.1) is 11.8 Å². The number of carbonyl (C=O) groups is 2. The van der Waals surface area contributed by atoms with E-state index < -0.39 is 0 Å². The monoisotopic (exact) mass is 262 g/mol. The van der Waals surface area contributed by atoms with Gasteiger partial charge in [-0.1, -0.05) is 0 Å². The predicted octanol–water partition coefficient (Wildman–Crippen LogP) is 1.65. The first-order valence-corrected chi connectivity index (χ1v) is 6.91. The van der Waals surface area contributed by atoms with E-state index >= 15 is 0 Å². The molecule has 4 nitrogen and oxygen atoms in total. The molecule has 2 aliphatic rings. The molecule has 94 valence electrons. The molecule has 2 amide bonds. The summed E-state index contributed by atoms with van der Waals surface area (Å²) < 4.78 is 0. The number of benzene rings is 1. The zero-order valence-corrected chi connectivity index (χ0v) is 10.7. The Hall–Kier alpha value is -1.49. The number of nitrogens with two attached hydrogens (primary N) is 1. The van der Waals surface area contributed by atoms with Gasteiger partial charge in [-0.05, 0) is 37.1 Å². The highest BCUT2D eigenvalue weighted by atomic mass is 32.2. The van der Waals surface area contributed by atoms with Gasteiger partial charge in [-0.3, -0.25) is 14.5 Å². The molecule has 1 aromatic carbocycles. The lowest BCUT2D eigenvalue weighted by molar-refractivity contribution is -0.138. The molecule has 18 heavy (non-hydrogen) atoms. The summed E-state index contributed by atoms with van der Waals surface area (Å²) in [6.07, 6.45) is 2.26. The predicted molar refractivity (Wildman–Crippen MR) is 70.0 cm³/mol. The molecule has 1 unspecified atom stereocenters. The van der Waals surface area contributed by atoms with Crippen LogP contribution in [-0.4, -0.2) is 28.0 Å². The fraction of sp³-hybridized carbons (Fsp3) is 0.385. The third-order valence-corrected chi connectivity index (χ3v) is 4.41. The summed E-state index contributed by atoms with van der Waals surface area (Å²) in [7, 11) is 0. The highest BCUT2D eigenvalue weighted by Gasteiger charge is 2.46. The summed E-state index contributed by atoms with van der Waals surface area (Å²) in [5.74, 6) is -0.0419. The van der Waals surface area contributed by atoms with Crippen molar-refractivity contribution in [2.45, 2.75) is 35.4 Å². The minimum Gasteiger partial charge on any atom is -0.399 e. The van der Waals surface area contributed by atoms with Gasteiger partial charge in [0.2, 0.25) is 11.8 Å². The summed E-state index contributed by atoms with van der Waals surface area (Å²) >= 11 is 1.45. The van der Waals surface area contributed by atoms with Crippen molar-refractivity contribution in [1.82, 2.24) is 4.90 Å². The van der Waals surface area contributed by atoms with E-state index in [1.807, 2.05) is 24.3 Å². The third kappa shape index (κ3) is 2.10. The van der Waals surface area contributed by atoms with E-state index in [4.69, 9.17) is 5.73 Å². The van der Waals surface area contributed by atoms with Gasteiger partial charge in [-0.2, -0.15) is 0 Å². The Morgan fingerprint density at radius 3 is 2.44 bits per heavy atom. The van der Waals surface area contributed by atoms with Crippen LogP contribution >= 0.6 is 11.8 Å². The number of nitrogen functional groups attached to an aromatic ring is 1. The first kappa shape index (κ1) is 11.6. The van der Waals surface area contributed by atoms with Crippen LogP contribution in [0.5, 0.6) is 0 Å². The highest BCUT2D eigenvalue weighted by Crippen LogP contribution is 2.37. The second-order valence-electron chi connectivity index (χ2n) is 4.71. The summed E-state index contributed by atoms with van der Waals surface area (Å²) in [5, 5.41) is -0.262. The van der Waals surface area contributed by atoms with Crippen LogP contribution in [0, 0.1) is 0 Å². The standard InChI is InChI=1S/C13H14N2O2S/c14-8-1-5-10(6-2-8)18-11-7-12(16)15(13(11)17)9-3-4-9/h1-2,5-6,9,11H,3-4,7,14H2. The van der Waals surface area contributed by atoms with Crippen molar-refractivity contribution >= 4 is 29.3 Å². The van der Waals surface area contributed by atoms with E-state index in [9.17, 15) is 9.59 Å². The second kappa shape index (κ2) is 4.31. The maximum absolute atomic E-state index is 12.1. The van der Waals surface area contributed by atoms with Crippen LogP contribution < -0.4 is 5.73 Å². The molecule has 1 aliphatic heterocycles. The topological polar surface area (TPSA) is 63.4 Å². The summed E-state index contributed by atoms with van der Waals surface area (Å²) in [5.41, 5.74) is 6.32. The fourth-order valence-electron chi connectivity index (χ4n) is 2.14. The van der Waals surface area contributed by atoms with Gasteiger partial charge < -0.3 is 5.73 Å². The first-order valence-electron chi connectivity index (χ1n) is 6.03. The van der Waals surface area contributed by atoms with E-state index in [1.165, 1.54) is 16.7 Å². The average Bonchev–Trinajstić information content (AvgIpc) is 3.12.